The number of methoxy groups -OCH3 is 1. The molecule has 1 N–H and O–H groups in total. The van der Waals surface area contributed by atoms with Crippen molar-refractivity contribution in [3.63, 3.8) is 0 Å². The van der Waals surface area contributed by atoms with Crippen LogP contribution < -0.4 is 4.74 Å². The summed E-state index contributed by atoms with van der Waals surface area (Å²) in [6.45, 7) is 1.18. The van der Waals surface area contributed by atoms with Gasteiger partial charge in [-0.15, -0.1) is 0 Å². The highest BCUT2D eigenvalue weighted by Crippen LogP contribution is 2.27. The molecular formula is C21H30F2N2O4. The molecule has 8 heteroatoms. The Balaban J connectivity index is 1.76. The molecule has 0 unspecified atom stereocenters. The summed E-state index contributed by atoms with van der Waals surface area (Å²) in [5, 5.41) is 11.3. The number of carbonyl (C=O) groups excluding carboxylic acids is 1. The van der Waals surface area contributed by atoms with Crippen LogP contribution in [0.25, 0.3) is 0 Å². The number of carbonyl (C=O) groups is 1. The van der Waals surface area contributed by atoms with E-state index in [1.165, 1.54) is 25.7 Å². The Kier molecular flexibility index (Phi) is 7.43. The first-order chi connectivity index (χ1) is 13.9. The zero-order valence-corrected chi connectivity index (χ0v) is 16.9. The van der Waals surface area contributed by atoms with E-state index >= 15 is 0 Å². The molecule has 1 aliphatic heterocycles. The van der Waals surface area contributed by atoms with Crippen LogP contribution >= 0.6 is 0 Å². The van der Waals surface area contributed by atoms with Gasteiger partial charge in [-0.05, 0) is 25.0 Å². The van der Waals surface area contributed by atoms with Gasteiger partial charge in [0.05, 0.1) is 6.54 Å². The normalized spacial score (nSPS) is 24.3. The topological polar surface area (TPSA) is 62.2 Å². The zero-order valence-electron chi connectivity index (χ0n) is 16.9. The number of ether oxygens (including phenoxy) is 2. The maximum Gasteiger partial charge on any atom is 0.248 e. The molecule has 3 rings (SSSR count). The van der Waals surface area contributed by atoms with Gasteiger partial charge in [-0.1, -0.05) is 25.3 Å². The summed E-state index contributed by atoms with van der Waals surface area (Å²) in [5.41, 5.74) is -1.41. The lowest BCUT2D eigenvalue weighted by atomic mass is 9.93. The molecule has 2 fully saturated rings. The van der Waals surface area contributed by atoms with Gasteiger partial charge in [0.2, 0.25) is 11.7 Å². The van der Waals surface area contributed by atoms with Gasteiger partial charge in [-0.25, -0.2) is 4.39 Å². The highest BCUT2D eigenvalue weighted by atomic mass is 19.2. The summed E-state index contributed by atoms with van der Waals surface area (Å²) in [6.07, 6.45) is 5.63. The third-order valence-corrected chi connectivity index (χ3v) is 5.76. The molecule has 6 nitrogen and oxygen atoms in total. The summed E-state index contributed by atoms with van der Waals surface area (Å²) >= 11 is 0. The van der Waals surface area contributed by atoms with E-state index in [9.17, 15) is 18.7 Å². The molecule has 0 spiro atoms. The number of hydrogen-bond acceptors (Lipinski definition) is 5. The summed E-state index contributed by atoms with van der Waals surface area (Å²) in [6, 6.07) is 4.04. The average molecular weight is 412 g/mol. The van der Waals surface area contributed by atoms with Gasteiger partial charge in [0.25, 0.3) is 0 Å². The van der Waals surface area contributed by atoms with Crippen molar-refractivity contribution in [3.05, 3.63) is 29.8 Å². The Hall–Kier alpha value is -1.77. The molecule has 1 aromatic carbocycles. The lowest BCUT2D eigenvalue weighted by molar-refractivity contribution is -0.138. The Labute approximate surface area is 170 Å². The van der Waals surface area contributed by atoms with E-state index in [1.807, 2.05) is 0 Å². The third-order valence-electron chi connectivity index (χ3n) is 5.76. The van der Waals surface area contributed by atoms with Crippen molar-refractivity contribution in [2.75, 3.05) is 46.5 Å². The Morgan fingerprint density at radius 3 is 2.69 bits per heavy atom. The van der Waals surface area contributed by atoms with Crippen molar-refractivity contribution in [3.8, 4) is 5.75 Å². The van der Waals surface area contributed by atoms with Crippen molar-refractivity contribution >= 4 is 5.91 Å². The smallest absolute Gasteiger partial charge is 0.248 e. The molecule has 0 radical (unpaired) electrons. The molecule has 0 aromatic heterocycles. The van der Waals surface area contributed by atoms with Crippen LogP contribution in [0.15, 0.2) is 18.2 Å². The Morgan fingerprint density at radius 1 is 1.21 bits per heavy atom. The molecule has 1 aliphatic carbocycles. The van der Waals surface area contributed by atoms with E-state index in [1.54, 1.807) is 4.90 Å². The molecule has 29 heavy (non-hydrogen) atoms. The summed E-state index contributed by atoms with van der Waals surface area (Å²) in [7, 11) is 1.45. The number of rotatable bonds is 6. The predicted octanol–water partition coefficient (Wildman–Crippen LogP) is 2.20. The lowest BCUT2D eigenvalue weighted by Gasteiger charge is -2.37. The van der Waals surface area contributed by atoms with Gasteiger partial charge in [0.15, 0.2) is 11.6 Å². The van der Waals surface area contributed by atoms with Crippen molar-refractivity contribution < 1.29 is 28.2 Å². The molecule has 0 bridgehead atoms. The van der Waals surface area contributed by atoms with Gasteiger partial charge in [-0.3, -0.25) is 9.69 Å². The number of aliphatic hydroxyl groups is 1. The maximum atomic E-state index is 14.0. The van der Waals surface area contributed by atoms with Gasteiger partial charge in [-0.2, -0.15) is 4.39 Å². The molecule has 162 valence electrons. The fraction of sp³-hybridized carbons (Fsp3) is 0.667. The van der Waals surface area contributed by atoms with Gasteiger partial charge < -0.3 is 19.5 Å². The fourth-order valence-corrected chi connectivity index (χ4v) is 4.27. The Bertz CT molecular complexity index is 699. The van der Waals surface area contributed by atoms with Gasteiger partial charge in [0, 0.05) is 32.8 Å². The van der Waals surface area contributed by atoms with E-state index in [0.29, 0.717) is 25.7 Å². The second-order valence-corrected chi connectivity index (χ2v) is 8.08. The number of benzene rings is 1. The van der Waals surface area contributed by atoms with Crippen molar-refractivity contribution in [2.24, 2.45) is 0 Å². The number of amides is 1. The summed E-state index contributed by atoms with van der Waals surface area (Å²) < 4.78 is 37.9. The molecule has 2 aliphatic rings. The van der Waals surface area contributed by atoms with Crippen LogP contribution in [0.2, 0.25) is 0 Å². The SMILES string of the molecule is COCC(=O)N1CCN(C2CCCCC2)C[C@@](O)(COc2cccc(F)c2F)C1. The summed E-state index contributed by atoms with van der Waals surface area (Å²) in [4.78, 5) is 16.2. The van der Waals surface area contributed by atoms with E-state index in [4.69, 9.17) is 9.47 Å². The van der Waals surface area contributed by atoms with Crippen molar-refractivity contribution in [1.82, 2.24) is 9.80 Å². The highest BCUT2D eigenvalue weighted by molar-refractivity contribution is 5.77. The van der Waals surface area contributed by atoms with Crippen LogP contribution in [0, 0.1) is 11.6 Å². The first kappa shape index (κ1) is 21.9. The number of nitrogens with zero attached hydrogens (tertiary/aromatic N) is 2. The van der Waals surface area contributed by atoms with Crippen LogP contribution in [0.5, 0.6) is 5.75 Å². The first-order valence-corrected chi connectivity index (χ1v) is 10.2. The largest absolute Gasteiger partial charge is 0.487 e. The summed E-state index contributed by atoms with van der Waals surface area (Å²) in [5.74, 6) is -2.55. The van der Waals surface area contributed by atoms with Crippen molar-refractivity contribution in [2.45, 2.75) is 43.7 Å². The zero-order chi connectivity index (χ0) is 20.9. The Morgan fingerprint density at radius 2 is 1.97 bits per heavy atom. The highest BCUT2D eigenvalue weighted by Gasteiger charge is 2.39. The minimum Gasteiger partial charge on any atom is -0.487 e. The second kappa shape index (κ2) is 9.82. The quantitative estimate of drug-likeness (QED) is 0.776. The molecule has 1 amide bonds. The van der Waals surface area contributed by atoms with Crippen LogP contribution in [0.1, 0.15) is 32.1 Å². The number of β-amino-alcohol motifs (C(OH)–C–C–N with tert-alkyl or cyclic N) is 1. The minimum atomic E-state index is -1.41. The monoisotopic (exact) mass is 412 g/mol. The molecule has 1 atom stereocenters. The van der Waals surface area contributed by atoms with E-state index in [0.717, 1.165) is 31.7 Å². The first-order valence-electron chi connectivity index (χ1n) is 10.2. The lowest BCUT2D eigenvalue weighted by Crippen LogP contribution is -2.54. The van der Waals surface area contributed by atoms with Crippen LogP contribution in [0.4, 0.5) is 8.78 Å². The van der Waals surface area contributed by atoms with Crippen LogP contribution in [0.3, 0.4) is 0 Å². The van der Waals surface area contributed by atoms with E-state index < -0.39 is 17.2 Å². The van der Waals surface area contributed by atoms with Gasteiger partial charge >= 0.3 is 0 Å². The minimum absolute atomic E-state index is 0.0509. The molecular weight excluding hydrogens is 382 g/mol. The van der Waals surface area contributed by atoms with Crippen LogP contribution in [-0.4, -0.2) is 79.0 Å². The third kappa shape index (κ3) is 5.65. The molecule has 1 saturated heterocycles. The number of halogens is 2. The van der Waals surface area contributed by atoms with E-state index in [2.05, 4.69) is 4.90 Å². The number of hydrogen-bond donors (Lipinski definition) is 1. The fourth-order valence-electron chi connectivity index (χ4n) is 4.27. The van der Waals surface area contributed by atoms with Gasteiger partial charge in [0.1, 0.15) is 18.8 Å². The maximum absolute atomic E-state index is 14.0. The van der Waals surface area contributed by atoms with E-state index in [-0.39, 0.29) is 31.4 Å². The molecule has 1 heterocycles. The molecule has 1 saturated carbocycles. The second-order valence-electron chi connectivity index (χ2n) is 8.08. The van der Waals surface area contributed by atoms with Crippen LogP contribution in [-0.2, 0) is 9.53 Å². The predicted molar refractivity (Wildman–Crippen MR) is 104 cm³/mol. The standard InChI is InChI=1S/C21H30F2N2O4/c1-28-12-19(26)25-11-10-24(16-6-3-2-4-7-16)13-21(27,14-25)15-29-18-9-5-8-17(22)20(18)23/h5,8-9,16,27H,2-4,6-7,10-15H2,1H3/t21-/m0/s1. The molecule has 1 aromatic rings. The average Bonchev–Trinajstić information content (AvgIpc) is 2.90. The van der Waals surface area contributed by atoms with Crippen molar-refractivity contribution in [1.29, 1.82) is 0 Å².